The van der Waals surface area contributed by atoms with Gasteiger partial charge >= 0.3 is 12.1 Å². The molecule has 2 rings (SSSR count). The monoisotopic (exact) mass is 502 g/mol. The van der Waals surface area contributed by atoms with E-state index in [-0.39, 0.29) is 26.2 Å². The first-order valence-electron chi connectivity index (χ1n) is 11.8. The van der Waals surface area contributed by atoms with E-state index in [0.717, 1.165) is 11.1 Å². The average Bonchev–Trinajstić information content (AvgIpc) is 2.81. The van der Waals surface area contributed by atoms with Crippen LogP contribution >= 0.6 is 0 Å². The maximum Gasteiger partial charge on any atom is 0.408 e. The first-order valence-corrected chi connectivity index (χ1v) is 11.8. The molecule has 196 valence electrons. The molecule has 0 bridgehead atoms. The lowest BCUT2D eigenvalue weighted by Crippen LogP contribution is -2.47. The Morgan fingerprint density at radius 1 is 0.972 bits per heavy atom. The van der Waals surface area contributed by atoms with Gasteiger partial charge in [0.2, 0.25) is 5.91 Å². The van der Waals surface area contributed by atoms with Crippen molar-refractivity contribution in [1.82, 2.24) is 10.6 Å². The summed E-state index contributed by atoms with van der Waals surface area (Å²) in [6.45, 7) is 6.56. The fourth-order valence-corrected chi connectivity index (χ4v) is 3.03. The molecule has 0 radical (unpaired) electrons. The molecule has 2 amide bonds. The minimum absolute atomic E-state index is 0.0575. The molecule has 2 aromatic carbocycles. The van der Waals surface area contributed by atoms with Crippen LogP contribution in [0.5, 0.6) is 5.75 Å². The highest BCUT2D eigenvalue weighted by Gasteiger charge is 2.24. The minimum atomic E-state index is -0.985. The molecule has 0 saturated heterocycles. The zero-order valence-corrected chi connectivity index (χ0v) is 21.2. The smallest absolute Gasteiger partial charge is 0.408 e. The van der Waals surface area contributed by atoms with Crippen LogP contribution in [0.2, 0.25) is 0 Å². The topological polar surface area (TPSA) is 103 Å². The third kappa shape index (κ3) is 11.7. The fourth-order valence-electron chi connectivity index (χ4n) is 3.03. The van der Waals surface area contributed by atoms with Crippen LogP contribution in [0.1, 0.15) is 45.2 Å². The van der Waals surface area contributed by atoms with Gasteiger partial charge in [-0.2, -0.15) is 0 Å². The standard InChI is InChI=1S/C27H35FN2O6/c1-19(28)14-15-34-22-12-10-20(11-13-22)16-23(25(32)35-18-21-8-6-5-7-9-21)30-24(31)17-29-26(33)36-27(2,3)4/h5-13,19,23H,14-18H2,1-4H3,(H,29,33)(H,30,31)/t19?,23-/m1/s1. The van der Waals surface area contributed by atoms with E-state index in [2.05, 4.69) is 10.6 Å². The van der Waals surface area contributed by atoms with Crippen LogP contribution in [-0.4, -0.2) is 48.9 Å². The van der Waals surface area contributed by atoms with Gasteiger partial charge in [-0.15, -0.1) is 0 Å². The summed E-state index contributed by atoms with van der Waals surface area (Å²) in [6, 6.07) is 15.2. The van der Waals surface area contributed by atoms with Gasteiger partial charge in [0.05, 0.1) is 6.61 Å². The highest BCUT2D eigenvalue weighted by atomic mass is 19.1. The van der Waals surface area contributed by atoms with Gasteiger partial charge < -0.3 is 24.8 Å². The number of benzene rings is 2. The number of halogens is 1. The number of esters is 1. The predicted octanol–water partition coefficient (Wildman–Crippen LogP) is 4.11. The second-order valence-electron chi connectivity index (χ2n) is 9.33. The first-order chi connectivity index (χ1) is 17.0. The molecule has 0 fully saturated rings. The summed E-state index contributed by atoms with van der Waals surface area (Å²) in [4.78, 5) is 37.2. The lowest BCUT2D eigenvalue weighted by molar-refractivity contribution is -0.149. The van der Waals surface area contributed by atoms with Crippen LogP contribution in [-0.2, 0) is 32.1 Å². The van der Waals surface area contributed by atoms with E-state index in [1.807, 2.05) is 30.3 Å². The van der Waals surface area contributed by atoms with E-state index in [1.54, 1.807) is 45.0 Å². The van der Waals surface area contributed by atoms with Crippen molar-refractivity contribution in [2.24, 2.45) is 0 Å². The van der Waals surface area contributed by atoms with Crippen LogP contribution in [0.3, 0.4) is 0 Å². The summed E-state index contributed by atoms with van der Waals surface area (Å²) in [5, 5.41) is 5.00. The lowest BCUT2D eigenvalue weighted by atomic mass is 10.1. The quantitative estimate of drug-likeness (QED) is 0.424. The number of alkyl carbamates (subject to hydrolysis) is 1. The third-order valence-corrected chi connectivity index (χ3v) is 4.78. The van der Waals surface area contributed by atoms with Crippen LogP contribution in [0.15, 0.2) is 54.6 Å². The molecule has 9 heteroatoms. The Kier molecular flexibility index (Phi) is 11.2. The van der Waals surface area contributed by atoms with Crippen molar-refractivity contribution in [2.75, 3.05) is 13.2 Å². The SMILES string of the molecule is CC(F)CCOc1ccc(C[C@@H](NC(=O)CNC(=O)OC(C)(C)C)C(=O)OCc2ccccc2)cc1. The summed E-state index contributed by atoms with van der Waals surface area (Å²) in [6.07, 6.45) is -1.23. The minimum Gasteiger partial charge on any atom is -0.493 e. The van der Waals surface area contributed by atoms with E-state index in [9.17, 15) is 18.8 Å². The van der Waals surface area contributed by atoms with Gasteiger partial charge in [-0.05, 0) is 51.0 Å². The molecule has 2 aromatic rings. The number of amides is 2. The number of carbonyl (C=O) groups excluding carboxylic acids is 3. The van der Waals surface area contributed by atoms with Gasteiger partial charge in [-0.1, -0.05) is 42.5 Å². The summed E-state index contributed by atoms with van der Waals surface area (Å²) in [5.41, 5.74) is 0.861. The van der Waals surface area contributed by atoms with Crippen molar-refractivity contribution in [3.63, 3.8) is 0 Å². The normalized spacial score (nSPS) is 12.7. The predicted molar refractivity (Wildman–Crippen MR) is 133 cm³/mol. The molecule has 1 unspecified atom stereocenters. The van der Waals surface area contributed by atoms with E-state index >= 15 is 0 Å². The Hall–Kier alpha value is -3.62. The molecule has 8 nitrogen and oxygen atoms in total. The Labute approximate surface area is 211 Å². The van der Waals surface area contributed by atoms with Crippen LogP contribution < -0.4 is 15.4 Å². The molecule has 0 aromatic heterocycles. The van der Waals surface area contributed by atoms with Crippen LogP contribution in [0.25, 0.3) is 0 Å². The number of alkyl halides is 1. The van der Waals surface area contributed by atoms with Crippen molar-refractivity contribution in [3.05, 3.63) is 65.7 Å². The summed E-state index contributed by atoms with van der Waals surface area (Å²) in [5.74, 6) is -0.599. The fraction of sp³-hybridized carbons (Fsp3) is 0.444. The number of hydrogen-bond acceptors (Lipinski definition) is 6. The van der Waals surface area contributed by atoms with Crippen molar-refractivity contribution >= 4 is 18.0 Å². The Balaban J connectivity index is 2.00. The maximum atomic E-state index is 12.9. The van der Waals surface area contributed by atoms with Crippen LogP contribution in [0, 0.1) is 0 Å². The van der Waals surface area contributed by atoms with Crippen molar-refractivity contribution in [1.29, 1.82) is 0 Å². The Morgan fingerprint density at radius 2 is 1.64 bits per heavy atom. The van der Waals surface area contributed by atoms with Gasteiger partial charge in [0.1, 0.15) is 36.7 Å². The molecule has 2 N–H and O–H groups in total. The molecule has 0 aliphatic heterocycles. The second kappa shape index (κ2) is 14.1. The van der Waals surface area contributed by atoms with E-state index in [1.165, 1.54) is 6.92 Å². The molecular formula is C27H35FN2O6. The summed E-state index contributed by atoms with van der Waals surface area (Å²) in [7, 11) is 0. The number of rotatable bonds is 12. The van der Waals surface area contributed by atoms with Crippen molar-refractivity contribution in [3.8, 4) is 5.75 Å². The van der Waals surface area contributed by atoms with Gasteiger partial charge in [-0.3, -0.25) is 4.79 Å². The zero-order valence-electron chi connectivity index (χ0n) is 21.2. The summed E-state index contributed by atoms with van der Waals surface area (Å²) >= 11 is 0. The zero-order chi connectivity index (χ0) is 26.6. The number of hydrogen-bond donors (Lipinski definition) is 2. The summed E-state index contributed by atoms with van der Waals surface area (Å²) < 4.78 is 29.0. The Morgan fingerprint density at radius 3 is 2.25 bits per heavy atom. The molecule has 36 heavy (non-hydrogen) atoms. The van der Waals surface area contributed by atoms with Crippen LogP contribution in [0.4, 0.5) is 9.18 Å². The van der Waals surface area contributed by atoms with Gasteiger partial charge in [0, 0.05) is 12.8 Å². The average molecular weight is 503 g/mol. The van der Waals surface area contributed by atoms with Gasteiger partial charge in [0.15, 0.2) is 0 Å². The van der Waals surface area contributed by atoms with E-state index in [4.69, 9.17) is 14.2 Å². The molecule has 0 heterocycles. The maximum absolute atomic E-state index is 12.9. The molecule has 0 spiro atoms. The van der Waals surface area contributed by atoms with E-state index in [0.29, 0.717) is 12.2 Å². The number of carbonyl (C=O) groups is 3. The molecule has 0 aliphatic rings. The van der Waals surface area contributed by atoms with E-state index < -0.39 is 35.8 Å². The van der Waals surface area contributed by atoms with Crippen molar-refractivity contribution < 1.29 is 33.0 Å². The van der Waals surface area contributed by atoms with Gasteiger partial charge in [0.25, 0.3) is 0 Å². The molecule has 0 aliphatic carbocycles. The highest BCUT2D eigenvalue weighted by molar-refractivity contribution is 5.87. The number of nitrogens with one attached hydrogen (secondary N) is 2. The van der Waals surface area contributed by atoms with Crippen molar-refractivity contribution in [2.45, 2.75) is 65.0 Å². The molecular weight excluding hydrogens is 467 g/mol. The lowest BCUT2D eigenvalue weighted by Gasteiger charge is -2.21. The molecule has 2 atom stereocenters. The third-order valence-electron chi connectivity index (χ3n) is 4.78. The van der Waals surface area contributed by atoms with Gasteiger partial charge in [-0.25, -0.2) is 14.0 Å². The largest absolute Gasteiger partial charge is 0.493 e. The highest BCUT2D eigenvalue weighted by Crippen LogP contribution is 2.15. The molecule has 0 saturated carbocycles. The number of ether oxygens (including phenoxy) is 3. The first kappa shape index (κ1) is 28.6. The second-order valence-corrected chi connectivity index (χ2v) is 9.33. The Bertz CT molecular complexity index is 974.